The maximum Gasteiger partial charge on any atom is 0.177 e. The molecule has 1 aromatic heterocycles. The lowest BCUT2D eigenvalue weighted by Crippen LogP contribution is -1.95. The van der Waals surface area contributed by atoms with Gasteiger partial charge in [0.2, 0.25) is 0 Å². The van der Waals surface area contributed by atoms with Gasteiger partial charge in [0, 0.05) is 30.4 Å². The number of para-hydroxylation sites is 1. The smallest absolute Gasteiger partial charge is 0.177 e. The molecule has 0 fully saturated rings. The molecule has 1 heterocycles. The highest BCUT2D eigenvalue weighted by atomic mass is 32.2. The summed E-state index contributed by atoms with van der Waals surface area (Å²) in [6, 6.07) is 7.47. The van der Waals surface area contributed by atoms with Crippen LogP contribution in [0.3, 0.4) is 0 Å². The molecule has 0 bridgehead atoms. The summed E-state index contributed by atoms with van der Waals surface area (Å²) in [6.45, 7) is 0. The van der Waals surface area contributed by atoms with Crippen molar-refractivity contribution in [3.8, 4) is 0 Å². The van der Waals surface area contributed by atoms with E-state index in [9.17, 15) is 8.42 Å². The van der Waals surface area contributed by atoms with E-state index in [0.29, 0.717) is 4.90 Å². The Hall–Kier alpha value is -1.29. The minimum atomic E-state index is -3.13. The van der Waals surface area contributed by atoms with Crippen molar-refractivity contribution < 1.29 is 8.42 Å². The minimum absolute atomic E-state index is 0.399. The van der Waals surface area contributed by atoms with Crippen molar-refractivity contribution in [3.63, 3.8) is 0 Å². The van der Waals surface area contributed by atoms with Gasteiger partial charge in [0.15, 0.2) is 9.84 Å². The van der Waals surface area contributed by atoms with Crippen molar-refractivity contribution >= 4 is 20.7 Å². The van der Waals surface area contributed by atoms with E-state index in [0.717, 1.165) is 10.9 Å². The summed E-state index contributed by atoms with van der Waals surface area (Å²) in [4.78, 5) is 0.399. The summed E-state index contributed by atoms with van der Waals surface area (Å²) < 4.78 is 24.7. The molecular formula is C10H11NO2S. The quantitative estimate of drug-likeness (QED) is 0.715. The van der Waals surface area contributed by atoms with Crippen LogP contribution in [0, 0.1) is 0 Å². The van der Waals surface area contributed by atoms with Gasteiger partial charge in [-0.15, -0.1) is 0 Å². The van der Waals surface area contributed by atoms with Crippen LogP contribution in [-0.4, -0.2) is 19.2 Å². The first-order valence-corrected chi connectivity index (χ1v) is 6.13. The van der Waals surface area contributed by atoms with Gasteiger partial charge in [-0.1, -0.05) is 18.2 Å². The zero-order valence-corrected chi connectivity index (χ0v) is 8.88. The second kappa shape index (κ2) is 2.85. The Balaban J connectivity index is 2.93. The zero-order chi connectivity index (χ0) is 10.3. The second-order valence-electron chi connectivity index (χ2n) is 3.39. The molecule has 0 aliphatic carbocycles. The van der Waals surface area contributed by atoms with E-state index in [1.165, 1.54) is 6.26 Å². The van der Waals surface area contributed by atoms with Crippen LogP contribution in [-0.2, 0) is 16.9 Å². The largest absolute Gasteiger partial charge is 0.349 e. The molecule has 0 N–H and O–H groups in total. The number of sulfone groups is 1. The molecule has 0 saturated carbocycles. The molecule has 74 valence electrons. The van der Waals surface area contributed by atoms with E-state index in [-0.39, 0.29) is 0 Å². The van der Waals surface area contributed by atoms with Crippen molar-refractivity contribution in [1.29, 1.82) is 0 Å². The monoisotopic (exact) mass is 209 g/mol. The number of hydrogen-bond acceptors (Lipinski definition) is 2. The number of aryl methyl sites for hydroxylation is 1. The summed E-state index contributed by atoms with van der Waals surface area (Å²) in [5.41, 5.74) is 0.938. The molecule has 2 aromatic rings. The highest BCUT2D eigenvalue weighted by Crippen LogP contribution is 2.23. The van der Waals surface area contributed by atoms with E-state index in [1.807, 2.05) is 35.9 Å². The first-order chi connectivity index (χ1) is 6.50. The zero-order valence-electron chi connectivity index (χ0n) is 8.06. The van der Waals surface area contributed by atoms with Crippen LogP contribution in [0.1, 0.15) is 0 Å². The van der Waals surface area contributed by atoms with Gasteiger partial charge in [0.05, 0.1) is 4.90 Å². The predicted molar refractivity (Wildman–Crippen MR) is 56.0 cm³/mol. The summed E-state index contributed by atoms with van der Waals surface area (Å²) in [7, 11) is -1.29. The Bertz CT molecular complexity index is 581. The van der Waals surface area contributed by atoms with Crippen LogP contribution in [0.5, 0.6) is 0 Å². The highest BCUT2D eigenvalue weighted by molar-refractivity contribution is 7.91. The average Bonchev–Trinajstić information content (AvgIpc) is 2.44. The van der Waals surface area contributed by atoms with E-state index in [4.69, 9.17) is 0 Å². The molecule has 0 atom stereocenters. The maximum absolute atomic E-state index is 11.4. The Kier molecular flexibility index (Phi) is 1.89. The molecule has 0 radical (unpaired) electrons. The fraction of sp³-hybridized carbons (Fsp3) is 0.200. The molecule has 1 aromatic carbocycles. The third-order valence-corrected chi connectivity index (χ3v) is 3.38. The van der Waals surface area contributed by atoms with Crippen molar-refractivity contribution in [2.45, 2.75) is 4.90 Å². The molecule has 2 rings (SSSR count). The van der Waals surface area contributed by atoms with Gasteiger partial charge in [-0.2, -0.15) is 0 Å². The Labute approximate surface area is 82.9 Å². The third kappa shape index (κ3) is 1.32. The van der Waals surface area contributed by atoms with Crippen molar-refractivity contribution in [3.05, 3.63) is 30.5 Å². The van der Waals surface area contributed by atoms with E-state index in [2.05, 4.69) is 0 Å². The lowest BCUT2D eigenvalue weighted by molar-refractivity contribution is 0.602. The normalized spacial score (nSPS) is 12.1. The van der Waals surface area contributed by atoms with Gasteiger partial charge in [-0.05, 0) is 6.07 Å². The molecule has 0 saturated heterocycles. The van der Waals surface area contributed by atoms with Crippen molar-refractivity contribution in [2.24, 2.45) is 7.05 Å². The Morgan fingerprint density at radius 3 is 2.50 bits per heavy atom. The number of aromatic nitrogens is 1. The Morgan fingerprint density at radius 2 is 1.86 bits per heavy atom. The minimum Gasteiger partial charge on any atom is -0.349 e. The average molecular weight is 209 g/mol. The molecule has 14 heavy (non-hydrogen) atoms. The number of nitrogens with zero attached hydrogens (tertiary/aromatic N) is 1. The van der Waals surface area contributed by atoms with Gasteiger partial charge in [0.1, 0.15) is 0 Å². The van der Waals surface area contributed by atoms with Crippen LogP contribution < -0.4 is 0 Å². The molecule has 0 aliphatic rings. The van der Waals surface area contributed by atoms with Crippen molar-refractivity contribution in [2.75, 3.05) is 6.26 Å². The summed E-state index contributed by atoms with van der Waals surface area (Å²) in [5.74, 6) is 0. The molecule has 3 nitrogen and oxygen atoms in total. The van der Waals surface area contributed by atoms with E-state index >= 15 is 0 Å². The van der Waals surface area contributed by atoms with Gasteiger partial charge in [0.25, 0.3) is 0 Å². The fourth-order valence-corrected chi connectivity index (χ4v) is 2.52. The van der Waals surface area contributed by atoms with E-state index < -0.39 is 9.84 Å². The van der Waals surface area contributed by atoms with E-state index in [1.54, 1.807) is 6.20 Å². The van der Waals surface area contributed by atoms with Crippen LogP contribution >= 0.6 is 0 Å². The van der Waals surface area contributed by atoms with Crippen LogP contribution in [0.25, 0.3) is 10.9 Å². The molecule has 4 heteroatoms. The van der Waals surface area contributed by atoms with Crippen LogP contribution in [0.2, 0.25) is 0 Å². The van der Waals surface area contributed by atoms with Crippen molar-refractivity contribution in [1.82, 2.24) is 4.57 Å². The predicted octanol–water partition coefficient (Wildman–Crippen LogP) is 1.58. The maximum atomic E-state index is 11.4. The fourth-order valence-electron chi connectivity index (χ4n) is 1.60. The lowest BCUT2D eigenvalue weighted by Gasteiger charge is -1.94. The van der Waals surface area contributed by atoms with Crippen LogP contribution in [0.15, 0.2) is 35.4 Å². The third-order valence-electron chi connectivity index (χ3n) is 2.26. The molecule has 0 amide bonds. The molecule has 0 spiro atoms. The number of hydrogen-bond donors (Lipinski definition) is 0. The summed E-state index contributed by atoms with van der Waals surface area (Å²) >= 11 is 0. The molecular weight excluding hydrogens is 198 g/mol. The van der Waals surface area contributed by atoms with Crippen LogP contribution in [0.4, 0.5) is 0 Å². The first-order valence-electron chi connectivity index (χ1n) is 4.24. The SMILES string of the molecule is Cn1cc(S(C)(=O)=O)c2ccccc21. The summed E-state index contributed by atoms with van der Waals surface area (Å²) in [6.07, 6.45) is 2.88. The van der Waals surface area contributed by atoms with Gasteiger partial charge >= 0.3 is 0 Å². The number of benzene rings is 1. The molecule has 0 aliphatic heterocycles. The van der Waals surface area contributed by atoms with Gasteiger partial charge in [-0.3, -0.25) is 0 Å². The molecule has 0 unspecified atom stereocenters. The Morgan fingerprint density at radius 1 is 1.21 bits per heavy atom. The topological polar surface area (TPSA) is 39.1 Å². The lowest BCUT2D eigenvalue weighted by atomic mass is 10.2. The number of rotatable bonds is 1. The number of fused-ring (bicyclic) bond motifs is 1. The first kappa shape index (κ1) is 9.27. The highest BCUT2D eigenvalue weighted by Gasteiger charge is 2.14. The second-order valence-corrected chi connectivity index (χ2v) is 5.38. The van der Waals surface area contributed by atoms with Gasteiger partial charge < -0.3 is 4.57 Å². The standard InChI is InChI=1S/C10H11NO2S/c1-11-7-10(14(2,12)13)8-5-3-4-6-9(8)11/h3-7H,1-2H3. The van der Waals surface area contributed by atoms with Gasteiger partial charge in [-0.25, -0.2) is 8.42 Å². The summed E-state index contributed by atoms with van der Waals surface area (Å²) in [5, 5.41) is 0.789.